The molecule has 1 saturated heterocycles. The monoisotopic (exact) mass is 236 g/mol. The molecule has 1 aromatic rings. The Morgan fingerprint density at radius 3 is 3.18 bits per heavy atom. The standard InChI is InChI=1S/C12H20N4O/c1-11-9-16(8-5-14-11)12(17)3-2-6-15-7-4-13-10-15/h4,7,10-11,14H,2-3,5-6,8-9H2,1H3/t11-/m1/s1. The zero-order valence-corrected chi connectivity index (χ0v) is 10.3. The van der Waals surface area contributed by atoms with Crippen molar-refractivity contribution >= 4 is 5.91 Å². The van der Waals surface area contributed by atoms with Crippen LogP contribution in [0, 0.1) is 0 Å². The zero-order valence-electron chi connectivity index (χ0n) is 10.3. The number of aromatic nitrogens is 2. The Morgan fingerprint density at radius 2 is 2.47 bits per heavy atom. The van der Waals surface area contributed by atoms with Gasteiger partial charge in [0.25, 0.3) is 0 Å². The van der Waals surface area contributed by atoms with E-state index >= 15 is 0 Å². The highest BCUT2D eigenvalue weighted by Gasteiger charge is 2.19. The molecule has 0 saturated carbocycles. The smallest absolute Gasteiger partial charge is 0.222 e. The van der Waals surface area contributed by atoms with Crippen LogP contribution in [-0.2, 0) is 11.3 Å². The molecule has 0 bridgehead atoms. The molecule has 2 heterocycles. The fraction of sp³-hybridized carbons (Fsp3) is 0.667. The topological polar surface area (TPSA) is 50.2 Å². The molecule has 0 unspecified atom stereocenters. The summed E-state index contributed by atoms with van der Waals surface area (Å²) >= 11 is 0. The van der Waals surface area contributed by atoms with Crippen molar-refractivity contribution in [1.82, 2.24) is 19.8 Å². The Labute approximate surface area is 102 Å². The van der Waals surface area contributed by atoms with E-state index in [1.165, 1.54) is 0 Å². The number of hydrogen-bond acceptors (Lipinski definition) is 3. The molecule has 0 radical (unpaired) electrons. The first-order valence-electron chi connectivity index (χ1n) is 6.22. The van der Waals surface area contributed by atoms with Crippen LogP contribution in [0.1, 0.15) is 19.8 Å². The molecular weight excluding hydrogens is 216 g/mol. The fourth-order valence-corrected chi connectivity index (χ4v) is 2.15. The molecule has 1 amide bonds. The van der Waals surface area contributed by atoms with Crippen LogP contribution in [0.5, 0.6) is 0 Å². The summed E-state index contributed by atoms with van der Waals surface area (Å²) in [5.41, 5.74) is 0. The minimum Gasteiger partial charge on any atom is -0.340 e. The number of carbonyl (C=O) groups is 1. The van der Waals surface area contributed by atoms with Crippen molar-refractivity contribution in [2.75, 3.05) is 19.6 Å². The average molecular weight is 236 g/mol. The summed E-state index contributed by atoms with van der Waals surface area (Å²) in [6.07, 6.45) is 6.99. The quantitative estimate of drug-likeness (QED) is 0.827. The number of piperazine rings is 1. The summed E-state index contributed by atoms with van der Waals surface area (Å²) in [4.78, 5) is 17.9. The molecule has 1 fully saturated rings. The predicted molar refractivity (Wildman–Crippen MR) is 65.5 cm³/mol. The Morgan fingerprint density at radius 1 is 1.59 bits per heavy atom. The molecule has 5 nitrogen and oxygen atoms in total. The van der Waals surface area contributed by atoms with Crippen molar-refractivity contribution < 1.29 is 4.79 Å². The third-order valence-electron chi connectivity index (χ3n) is 3.09. The van der Waals surface area contributed by atoms with Gasteiger partial charge in [-0.1, -0.05) is 0 Å². The van der Waals surface area contributed by atoms with E-state index in [2.05, 4.69) is 17.2 Å². The number of aryl methyl sites for hydroxylation is 1. The van der Waals surface area contributed by atoms with Crippen LogP contribution in [0.25, 0.3) is 0 Å². The van der Waals surface area contributed by atoms with Gasteiger partial charge in [0.05, 0.1) is 6.33 Å². The lowest BCUT2D eigenvalue weighted by molar-refractivity contribution is -0.132. The third kappa shape index (κ3) is 3.56. The largest absolute Gasteiger partial charge is 0.340 e. The Balaban J connectivity index is 1.70. The van der Waals surface area contributed by atoms with Crippen molar-refractivity contribution in [1.29, 1.82) is 0 Å². The van der Waals surface area contributed by atoms with Gasteiger partial charge in [-0.25, -0.2) is 4.98 Å². The Hall–Kier alpha value is -1.36. The molecule has 1 aromatic heterocycles. The Bertz CT molecular complexity index is 349. The highest BCUT2D eigenvalue weighted by molar-refractivity contribution is 5.76. The maximum absolute atomic E-state index is 11.9. The van der Waals surface area contributed by atoms with E-state index in [9.17, 15) is 4.79 Å². The molecule has 2 rings (SSSR count). The van der Waals surface area contributed by atoms with Crippen LogP contribution in [0.3, 0.4) is 0 Å². The first-order valence-corrected chi connectivity index (χ1v) is 6.22. The number of carbonyl (C=O) groups excluding carboxylic acids is 1. The van der Waals surface area contributed by atoms with Gasteiger partial charge < -0.3 is 14.8 Å². The lowest BCUT2D eigenvalue weighted by Gasteiger charge is -2.32. The van der Waals surface area contributed by atoms with Gasteiger partial charge in [-0.15, -0.1) is 0 Å². The SMILES string of the molecule is C[C@@H]1CN(C(=O)CCCn2ccnc2)CCN1. The van der Waals surface area contributed by atoms with Gasteiger partial charge in [0.15, 0.2) is 0 Å². The minimum absolute atomic E-state index is 0.276. The van der Waals surface area contributed by atoms with Crippen LogP contribution in [0.2, 0.25) is 0 Å². The third-order valence-corrected chi connectivity index (χ3v) is 3.09. The number of nitrogens with zero attached hydrogens (tertiary/aromatic N) is 3. The molecular formula is C12H20N4O. The van der Waals surface area contributed by atoms with Gasteiger partial charge >= 0.3 is 0 Å². The lowest BCUT2D eigenvalue weighted by atomic mass is 10.2. The normalized spacial score (nSPS) is 20.5. The molecule has 0 aromatic carbocycles. The molecule has 0 spiro atoms. The second-order valence-corrected chi connectivity index (χ2v) is 4.60. The van der Waals surface area contributed by atoms with Gasteiger partial charge in [-0.05, 0) is 13.3 Å². The van der Waals surface area contributed by atoms with Crippen molar-refractivity contribution in [3.8, 4) is 0 Å². The molecule has 1 aliphatic rings. The molecule has 17 heavy (non-hydrogen) atoms. The summed E-state index contributed by atoms with van der Waals surface area (Å²) in [7, 11) is 0. The zero-order chi connectivity index (χ0) is 12.1. The maximum Gasteiger partial charge on any atom is 0.222 e. The summed E-state index contributed by atoms with van der Waals surface area (Å²) in [6, 6.07) is 0.418. The van der Waals surface area contributed by atoms with Crippen molar-refractivity contribution in [2.24, 2.45) is 0 Å². The minimum atomic E-state index is 0.276. The van der Waals surface area contributed by atoms with Crippen LogP contribution in [-0.4, -0.2) is 46.0 Å². The van der Waals surface area contributed by atoms with Gasteiger partial charge in [0.1, 0.15) is 0 Å². The van der Waals surface area contributed by atoms with Gasteiger partial charge in [-0.3, -0.25) is 4.79 Å². The molecule has 1 aliphatic heterocycles. The average Bonchev–Trinajstić information content (AvgIpc) is 2.82. The molecule has 1 N–H and O–H groups in total. The number of nitrogens with one attached hydrogen (secondary N) is 1. The number of imidazole rings is 1. The number of hydrogen-bond donors (Lipinski definition) is 1. The van der Waals surface area contributed by atoms with Crippen LogP contribution < -0.4 is 5.32 Å². The van der Waals surface area contributed by atoms with Gasteiger partial charge in [-0.2, -0.15) is 0 Å². The van der Waals surface area contributed by atoms with Gasteiger partial charge in [0.2, 0.25) is 5.91 Å². The second-order valence-electron chi connectivity index (χ2n) is 4.60. The van der Waals surface area contributed by atoms with E-state index in [1.807, 2.05) is 15.7 Å². The highest BCUT2D eigenvalue weighted by atomic mass is 16.2. The van der Waals surface area contributed by atoms with Crippen LogP contribution >= 0.6 is 0 Å². The summed E-state index contributed by atoms with van der Waals surface area (Å²) in [6.45, 7) is 5.57. The lowest BCUT2D eigenvalue weighted by Crippen LogP contribution is -2.51. The number of amides is 1. The first kappa shape index (κ1) is 12.1. The molecule has 1 atom stereocenters. The van der Waals surface area contributed by atoms with E-state index in [0.717, 1.165) is 32.6 Å². The summed E-state index contributed by atoms with van der Waals surface area (Å²) in [5, 5.41) is 3.34. The van der Waals surface area contributed by atoms with Gasteiger partial charge in [0, 0.05) is 51.0 Å². The highest BCUT2D eigenvalue weighted by Crippen LogP contribution is 2.04. The first-order chi connectivity index (χ1) is 8.25. The predicted octanol–water partition coefficient (Wildman–Crippen LogP) is 0.484. The second kappa shape index (κ2) is 5.82. The van der Waals surface area contributed by atoms with Crippen LogP contribution in [0.4, 0.5) is 0 Å². The Kier molecular flexibility index (Phi) is 4.14. The van der Waals surface area contributed by atoms with E-state index in [1.54, 1.807) is 12.5 Å². The summed E-state index contributed by atoms with van der Waals surface area (Å²) < 4.78 is 2.01. The molecule has 94 valence electrons. The van der Waals surface area contributed by atoms with E-state index in [-0.39, 0.29) is 5.91 Å². The maximum atomic E-state index is 11.9. The van der Waals surface area contributed by atoms with E-state index in [0.29, 0.717) is 12.5 Å². The van der Waals surface area contributed by atoms with E-state index < -0.39 is 0 Å². The van der Waals surface area contributed by atoms with Crippen molar-refractivity contribution in [3.63, 3.8) is 0 Å². The molecule has 0 aliphatic carbocycles. The van der Waals surface area contributed by atoms with Crippen LogP contribution in [0.15, 0.2) is 18.7 Å². The van der Waals surface area contributed by atoms with E-state index in [4.69, 9.17) is 0 Å². The molecule has 5 heteroatoms. The van der Waals surface area contributed by atoms with Crippen molar-refractivity contribution in [2.45, 2.75) is 32.4 Å². The fourth-order valence-electron chi connectivity index (χ4n) is 2.15. The van der Waals surface area contributed by atoms with Crippen molar-refractivity contribution in [3.05, 3.63) is 18.7 Å². The number of rotatable bonds is 4. The summed E-state index contributed by atoms with van der Waals surface area (Å²) in [5.74, 6) is 0.276.